The second-order valence-electron chi connectivity index (χ2n) is 9.95. The molecule has 0 radical (unpaired) electrons. The number of rotatable bonds is 10. The molecule has 5 rings (SSSR count). The number of urea groups is 1. The predicted octanol–water partition coefficient (Wildman–Crippen LogP) is 6.00. The maximum absolute atomic E-state index is 13.6. The lowest BCUT2D eigenvalue weighted by molar-refractivity contribution is 0.171. The molecule has 0 aliphatic carbocycles. The zero-order chi connectivity index (χ0) is 27.9. The molecule has 202 valence electrons. The normalized spacial score (nSPS) is 14.8. The topological polar surface area (TPSA) is 67.8 Å². The van der Waals surface area contributed by atoms with E-state index in [1.165, 1.54) is 6.33 Å². The highest BCUT2D eigenvalue weighted by molar-refractivity contribution is 5.78. The summed E-state index contributed by atoms with van der Waals surface area (Å²) in [4.78, 5) is 26.3. The third kappa shape index (κ3) is 6.08. The molecule has 1 saturated heterocycles. The van der Waals surface area contributed by atoms with E-state index in [9.17, 15) is 4.79 Å². The van der Waals surface area contributed by atoms with Gasteiger partial charge >= 0.3 is 6.03 Å². The molecule has 3 aromatic carbocycles. The average Bonchev–Trinajstić information content (AvgIpc) is 3.32. The molecule has 1 fully saturated rings. The van der Waals surface area contributed by atoms with Crippen molar-refractivity contribution in [1.82, 2.24) is 19.8 Å². The summed E-state index contributed by atoms with van der Waals surface area (Å²) in [5, 5.41) is 0. The number of terminal acetylenes is 1. The molecule has 1 unspecified atom stereocenters. The van der Waals surface area contributed by atoms with Crippen molar-refractivity contribution in [2.75, 3.05) is 6.54 Å². The number of carbonyl (C=O) groups is 1. The first-order chi connectivity index (χ1) is 19.5. The third-order valence-corrected chi connectivity index (χ3v) is 6.87. The van der Waals surface area contributed by atoms with Crippen LogP contribution in [-0.4, -0.2) is 38.4 Å². The van der Waals surface area contributed by atoms with Gasteiger partial charge in [-0.05, 0) is 42.7 Å². The minimum absolute atomic E-state index is 0.0128. The van der Waals surface area contributed by atoms with Crippen molar-refractivity contribution in [3.05, 3.63) is 119 Å². The van der Waals surface area contributed by atoms with Crippen molar-refractivity contribution in [1.29, 1.82) is 0 Å². The van der Waals surface area contributed by atoms with Crippen molar-refractivity contribution in [2.24, 2.45) is 0 Å². The molecule has 0 bridgehead atoms. The number of hydrogen-bond acceptors (Lipinski definition) is 5. The number of ether oxygens (including phenoxy) is 2. The monoisotopic (exact) mass is 532 g/mol. The van der Waals surface area contributed by atoms with E-state index in [1.807, 2.05) is 104 Å². The molecular formula is C33H32N4O3. The highest BCUT2D eigenvalue weighted by atomic mass is 16.5. The minimum atomic E-state index is -0.108. The number of carbonyl (C=O) groups excluding carboxylic acids is 1. The Labute approximate surface area is 235 Å². The van der Waals surface area contributed by atoms with Crippen LogP contribution in [-0.2, 0) is 19.8 Å². The standard InChI is InChI=1S/C33H32N4O3/c1-4-25-15-17-28(18-16-25)30-20-36(33(38)37(30)24(2)3)19-29-31(39-21-26-11-7-5-8-12-26)32(35-23-34-29)40-22-27-13-9-6-10-14-27/h1,5-18,23-24,30H,19-22H2,2-3H3. The lowest BCUT2D eigenvalue weighted by Gasteiger charge is -2.27. The van der Waals surface area contributed by atoms with Gasteiger partial charge in [0.05, 0.1) is 12.6 Å². The molecule has 2 heterocycles. The molecule has 0 N–H and O–H groups in total. The lowest BCUT2D eigenvalue weighted by Crippen LogP contribution is -2.37. The molecule has 0 spiro atoms. The summed E-state index contributed by atoms with van der Waals surface area (Å²) in [7, 11) is 0. The predicted molar refractivity (Wildman–Crippen MR) is 153 cm³/mol. The van der Waals surface area contributed by atoms with Crippen molar-refractivity contribution in [3.63, 3.8) is 0 Å². The van der Waals surface area contributed by atoms with Crippen LogP contribution in [0.1, 0.15) is 47.8 Å². The largest absolute Gasteiger partial charge is 0.482 e. The van der Waals surface area contributed by atoms with E-state index in [1.54, 1.807) is 4.90 Å². The number of aromatic nitrogens is 2. The van der Waals surface area contributed by atoms with Crippen LogP contribution in [0.4, 0.5) is 4.79 Å². The van der Waals surface area contributed by atoms with E-state index < -0.39 is 0 Å². The molecule has 2 amide bonds. The Hall–Kier alpha value is -4.83. The van der Waals surface area contributed by atoms with Gasteiger partial charge in [0.1, 0.15) is 25.2 Å². The zero-order valence-corrected chi connectivity index (χ0v) is 22.7. The van der Waals surface area contributed by atoms with E-state index in [0.717, 1.165) is 22.3 Å². The van der Waals surface area contributed by atoms with E-state index >= 15 is 0 Å². The number of benzene rings is 3. The fourth-order valence-corrected chi connectivity index (χ4v) is 4.84. The van der Waals surface area contributed by atoms with Crippen LogP contribution in [0, 0.1) is 12.3 Å². The summed E-state index contributed by atoms with van der Waals surface area (Å²) in [6, 6.07) is 27.4. The van der Waals surface area contributed by atoms with E-state index in [4.69, 9.17) is 15.9 Å². The molecule has 1 aliphatic heterocycles. The molecule has 40 heavy (non-hydrogen) atoms. The molecule has 7 heteroatoms. The van der Waals surface area contributed by atoms with Gasteiger partial charge in [0.15, 0.2) is 0 Å². The number of nitrogens with zero attached hydrogens (tertiary/aromatic N) is 4. The van der Waals surface area contributed by atoms with Crippen molar-refractivity contribution in [3.8, 4) is 24.0 Å². The Bertz CT molecular complexity index is 1470. The highest BCUT2D eigenvalue weighted by Gasteiger charge is 2.40. The smallest absolute Gasteiger partial charge is 0.321 e. The van der Waals surface area contributed by atoms with Crippen LogP contribution in [0.5, 0.6) is 11.6 Å². The second kappa shape index (κ2) is 12.4. The Kier molecular flexibility index (Phi) is 8.26. The van der Waals surface area contributed by atoms with Gasteiger partial charge in [-0.15, -0.1) is 6.42 Å². The second-order valence-corrected chi connectivity index (χ2v) is 9.95. The van der Waals surface area contributed by atoms with Crippen molar-refractivity contribution in [2.45, 2.75) is 45.7 Å². The third-order valence-electron chi connectivity index (χ3n) is 6.87. The summed E-state index contributed by atoms with van der Waals surface area (Å²) in [5.74, 6) is 3.44. The summed E-state index contributed by atoms with van der Waals surface area (Å²) in [5.41, 5.74) is 4.46. The van der Waals surface area contributed by atoms with E-state index in [-0.39, 0.29) is 24.7 Å². The first-order valence-electron chi connectivity index (χ1n) is 13.3. The molecule has 1 aromatic heterocycles. The Balaban J connectivity index is 1.41. The fraction of sp³-hybridized carbons (Fsp3) is 0.242. The first-order valence-corrected chi connectivity index (χ1v) is 13.3. The molecule has 4 aromatic rings. The van der Waals surface area contributed by atoms with Crippen molar-refractivity contribution < 1.29 is 14.3 Å². The van der Waals surface area contributed by atoms with Crippen LogP contribution >= 0.6 is 0 Å². The zero-order valence-electron chi connectivity index (χ0n) is 22.7. The lowest BCUT2D eigenvalue weighted by atomic mass is 10.0. The molecular weight excluding hydrogens is 500 g/mol. The van der Waals surface area contributed by atoms with Crippen LogP contribution in [0.25, 0.3) is 0 Å². The van der Waals surface area contributed by atoms with E-state index in [0.29, 0.717) is 37.1 Å². The summed E-state index contributed by atoms with van der Waals surface area (Å²) >= 11 is 0. The minimum Gasteiger partial charge on any atom is -0.482 e. The quantitative estimate of drug-likeness (QED) is 0.234. The van der Waals surface area contributed by atoms with Crippen LogP contribution < -0.4 is 9.47 Å². The van der Waals surface area contributed by atoms with Crippen molar-refractivity contribution >= 4 is 6.03 Å². The van der Waals surface area contributed by atoms with Crippen LogP contribution in [0.2, 0.25) is 0 Å². The summed E-state index contributed by atoms with van der Waals surface area (Å²) in [6.07, 6.45) is 7.00. The van der Waals surface area contributed by atoms with Crippen LogP contribution in [0.3, 0.4) is 0 Å². The average molecular weight is 533 g/mol. The number of amides is 2. The van der Waals surface area contributed by atoms with Gasteiger partial charge in [0.25, 0.3) is 5.88 Å². The first kappa shape index (κ1) is 26.8. The molecule has 7 nitrogen and oxygen atoms in total. The summed E-state index contributed by atoms with van der Waals surface area (Å²) < 4.78 is 12.4. The Morgan fingerprint density at radius 2 is 1.52 bits per heavy atom. The van der Waals surface area contributed by atoms with Gasteiger partial charge in [-0.3, -0.25) is 0 Å². The van der Waals surface area contributed by atoms with Crippen LogP contribution in [0.15, 0.2) is 91.3 Å². The maximum Gasteiger partial charge on any atom is 0.321 e. The Morgan fingerprint density at radius 3 is 2.12 bits per heavy atom. The van der Waals surface area contributed by atoms with Gasteiger partial charge in [0.2, 0.25) is 5.75 Å². The van der Waals surface area contributed by atoms with Gasteiger partial charge in [-0.1, -0.05) is 78.7 Å². The SMILES string of the molecule is C#Cc1ccc(C2CN(Cc3ncnc(OCc4ccccc4)c3OCc3ccccc3)C(=O)N2C(C)C)cc1. The maximum atomic E-state index is 13.6. The fourth-order valence-electron chi connectivity index (χ4n) is 4.84. The highest BCUT2D eigenvalue weighted by Crippen LogP contribution is 2.35. The van der Waals surface area contributed by atoms with Gasteiger partial charge < -0.3 is 19.3 Å². The van der Waals surface area contributed by atoms with Gasteiger partial charge in [-0.25, -0.2) is 9.78 Å². The van der Waals surface area contributed by atoms with Gasteiger partial charge in [-0.2, -0.15) is 4.98 Å². The molecule has 1 atom stereocenters. The van der Waals surface area contributed by atoms with Gasteiger partial charge in [0, 0.05) is 18.2 Å². The molecule has 1 aliphatic rings. The van der Waals surface area contributed by atoms with E-state index in [2.05, 4.69) is 15.9 Å². The molecule has 0 saturated carbocycles. The Morgan fingerprint density at radius 1 is 0.900 bits per heavy atom. The summed E-state index contributed by atoms with van der Waals surface area (Å²) in [6.45, 7) is 5.47. The number of hydrogen-bond donors (Lipinski definition) is 0.